The van der Waals surface area contributed by atoms with Crippen LogP contribution in [-0.2, 0) is 9.53 Å². The fourth-order valence-electron chi connectivity index (χ4n) is 3.10. The van der Waals surface area contributed by atoms with Crippen LogP contribution >= 0.6 is 0 Å². The summed E-state index contributed by atoms with van der Waals surface area (Å²) in [6, 6.07) is 0. The van der Waals surface area contributed by atoms with Crippen LogP contribution in [0.2, 0.25) is 0 Å². The molecule has 0 bridgehead atoms. The minimum absolute atomic E-state index is 0.0420. The van der Waals surface area contributed by atoms with Crippen molar-refractivity contribution in [1.29, 1.82) is 0 Å². The molecular formula is C24H49NO2. The third-order valence-corrected chi connectivity index (χ3v) is 5.78. The zero-order valence-electron chi connectivity index (χ0n) is 19.3. The number of hydrogen-bond donors (Lipinski definition) is 0. The van der Waals surface area contributed by atoms with Crippen LogP contribution in [-0.4, -0.2) is 37.1 Å². The van der Waals surface area contributed by atoms with Gasteiger partial charge in [-0.2, -0.15) is 0 Å². The van der Waals surface area contributed by atoms with E-state index in [-0.39, 0.29) is 11.5 Å². The summed E-state index contributed by atoms with van der Waals surface area (Å²) in [5, 5.41) is 0. The van der Waals surface area contributed by atoms with Crippen molar-refractivity contribution in [2.45, 2.75) is 129 Å². The lowest BCUT2D eigenvalue weighted by molar-refractivity contribution is -0.147. The van der Waals surface area contributed by atoms with E-state index < -0.39 is 0 Å². The highest BCUT2D eigenvalue weighted by molar-refractivity contribution is 5.69. The first-order valence-corrected chi connectivity index (χ1v) is 11.7. The molecule has 0 aliphatic heterocycles. The lowest BCUT2D eigenvalue weighted by Gasteiger charge is -2.31. The van der Waals surface area contributed by atoms with Crippen LogP contribution in [0.3, 0.4) is 0 Å². The molecule has 0 amide bonds. The summed E-state index contributed by atoms with van der Waals surface area (Å²) >= 11 is 0. The molecule has 3 heteroatoms. The van der Waals surface area contributed by atoms with Gasteiger partial charge in [-0.05, 0) is 34.4 Å². The average Bonchev–Trinajstić information content (AvgIpc) is 2.63. The van der Waals surface area contributed by atoms with Gasteiger partial charge in [-0.1, -0.05) is 96.8 Å². The molecule has 3 nitrogen and oxygen atoms in total. The maximum atomic E-state index is 11.8. The molecule has 0 fully saturated rings. The predicted octanol–water partition coefficient (Wildman–Crippen LogP) is 7.13. The molecule has 0 saturated heterocycles. The molecule has 27 heavy (non-hydrogen) atoms. The van der Waals surface area contributed by atoms with Crippen molar-refractivity contribution < 1.29 is 9.53 Å². The molecule has 0 aromatic rings. The second-order valence-corrected chi connectivity index (χ2v) is 9.07. The van der Waals surface area contributed by atoms with Gasteiger partial charge in [0.05, 0.1) is 0 Å². The van der Waals surface area contributed by atoms with Crippen molar-refractivity contribution in [3.63, 3.8) is 0 Å². The van der Waals surface area contributed by atoms with Gasteiger partial charge in [0.25, 0.3) is 0 Å². The van der Waals surface area contributed by atoms with E-state index in [1.807, 2.05) is 14.1 Å². The summed E-state index contributed by atoms with van der Waals surface area (Å²) in [5.74, 6) is -0.0420. The molecule has 162 valence electrons. The van der Waals surface area contributed by atoms with Crippen LogP contribution in [0.15, 0.2) is 0 Å². The van der Waals surface area contributed by atoms with E-state index in [9.17, 15) is 4.79 Å². The van der Waals surface area contributed by atoms with Crippen molar-refractivity contribution in [3.8, 4) is 0 Å². The molecule has 0 atom stereocenters. The van der Waals surface area contributed by atoms with Crippen molar-refractivity contribution in [1.82, 2.24) is 4.90 Å². The number of unbranched alkanes of at least 4 members (excludes halogenated alkanes) is 14. The largest absolute Gasteiger partial charge is 0.464 e. The Kier molecular flexibility index (Phi) is 17.2. The molecular weight excluding hydrogens is 334 g/mol. The molecule has 0 aromatic carbocycles. The third kappa shape index (κ3) is 17.3. The second-order valence-electron chi connectivity index (χ2n) is 9.07. The summed E-state index contributed by atoms with van der Waals surface area (Å²) in [6.07, 6.45) is 20.8. The summed E-state index contributed by atoms with van der Waals surface area (Å²) in [6.45, 7) is 6.93. The first-order chi connectivity index (χ1) is 12.9. The van der Waals surface area contributed by atoms with Crippen LogP contribution in [0.1, 0.15) is 124 Å². The Balaban J connectivity index is 3.28. The zero-order valence-corrected chi connectivity index (χ0v) is 19.3. The number of likely N-dealkylation sites (N-methyl/N-ethyl adjacent to an activating group) is 1. The van der Waals surface area contributed by atoms with E-state index in [0.717, 1.165) is 12.8 Å². The molecule has 0 aliphatic rings. The third-order valence-electron chi connectivity index (χ3n) is 5.78. The quantitative estimate of drug-likeness (QED) is 0.175. The number of carbonyl (C=O) groups excluding carboxylic acids is 1. The van der Waals surface area contributed by atoms with E-state index >= 15 is 0 Å². The predicted molar refractivity (Wildman–Crippen MR) is 118 cm³/mol. The van der Waals surface area contributed by atoms with Gasteiger partial charge in [0.1, 0.15) is 6.61 Å². The SMILES string of the molecule is CCCCCCCCCCCCCCCCCC(=O)OCC(C)(C)N(C)C. The van der Waals surface area contributed by atoms with Crippen LogP contribution in [0.4, 0.5) is 0 Å². The highest BCUT2D eigenvalue weighted by Crippen LogP contribution is 2.14. The van der Waals surface area contributed by atoms with Crippen molar-refractivity contribution in [2.75, 3.05) is 20.7 Å². The first-order valence-electron chi connectivity index (χ1n) is 11.7. The van der Waals surface area contributed by atoms with Crippen LogP contribution in [0.5, 0.6) is 0 Å². The van der Waals surface area contributed by atoms with E-state index in [0.29, 0.717) is 13.0 Å². The summed E-state index contributed by atoms with van der Waals surface area (Å²) in [7, 11) is 4.03. The molecule has 0 radical (unpaired) electrons. The number of rotatable bonds is 19. The molecule has 0 N–H and O–H groups in total. The van der Waals surface area contributed by atoms with Crippen LogP contribution < -0.4 is 0 Å². The number of ether oxygens (including phenoxy) is 1. The van der Waals surface area contributed by atoms with Gasteiger partial charge < -0.3 is 9.64 Å². The maximum absolute atomic E-state index is 11.8. The summed E-state index contributed by atoms with van der Waals surface area (Å²) in [5.41, 5.74) is -0.0925. The Labute approximate surface area is 170 Å². The molecule has 0 saturated carbocycles. The minimum Gasteiger partial charge on any atom is -0.464 e. The average molecular weight is 384 g/mol. The lowest BCUT2D eigenvalue weighted by Crippen LogP contribution is -2.43. The van der Waals surface area contributed by atoms with Gasteiger partial charge in [0.15, 0.2) is 0 Å². The topological polar surface area (TPSA) is 29.5 Å². The molecule has 0 heterocycles. The number of nitrogens with zero attached hydrogens (tertiary/aromatic N) is 1. The first kappa shape index (κ1) is 26.4. The Bertz CT molecular complexity index is 339. The number of hydrogen-bond acceptors (Lipinski definition) is 3. The van der Waals surface area contributed by atoms with E-state index in [4.69, 9.17) is 4.74 Å². The van der Waals surface area contributed by atoms with Gasteiger partial charge in [-0.25, -0.2) is 0 Å². The Morgan fingerprint density at radius 2 is 1.07 bits per heavy atom. The Morgan fingerprint density at radius 3 is 1.44 bits per heavy atom. The molecule has 0 unspecified atom stereocenters. The van der Waals surface area contributed by atoms with Gasteiger partial charge >= 0.3 is 5.97 Å². The second kappa shape index (κ2) is 17.5. The minimum atomic E-state index is -0.0925. The normalized spacial score (nSPS) is 11.9. The highest BCUT2D eigenvalue weighted by atomic mass is 16.5. The van der Waals surface area contributed by atoms with E-state index in [1.54, 1.807) is 0 Å². The molecule has 0 aliphatic carbocycles. The fourth-order valence-corrected chi connectivity index (χ4v) is 3.10. The monoisotopic (exact) mass is 383 g/mol. The van der Waals surface area contributed by atoms with Gasteiger partial charge in [-0.3, -0.25) is 4.79 Å². The van der Waals surface area contributed by atoms with Gasteiger partial charge in [0, 0.05) is 12.0 Å². The maximum Gasteiger partial charge on any atom is 0.305 e. The standard InChI is InChI=1S/C24H49NO2/c1-6-7-8-9-10-11-12-13-14-15-16-17-18-19-20-21-23(26)27-22-24(2,3)25(4)5/h6-22H2,1-5H3. The van der Waals surface area contributed by atoms with E-state index in [1.165, 1.54) is 83.5 Å². The van der Waals surface area contributed by atoms with Gasteiger partial charge in [0.2, 0.25) is 0 Å². The highest BCUT2D eigenvalue weighted by Gasteiger charge is 2.22. The number of carbonyl (C=O) groups is 1. The Morgan fingerprint density at radius 1 is 0.704 bits per heavy atom. The zero-order chi connectivity index (χ0) is 20.4. The van der Waals surface area contributed by atoms with Crippen molar-refractivity contribution >= 4 is 5.97 Å². The number of esters is 1. The molecule has 0 rings (SSSR count). The van der Waals surface area contributed by atoms with Gasteiger partial charge in [-0.15, -0.1) is 0 Å². The fraction of sp³-hybridized carbons (Fsp3) is 0.958. The van der Waals surface area contributed by atoms with E-state index in [2.05, 4.69) is 25.7 Å². The smallest absolute Gasteiger partial charge is 0.305 e. The summed E-state index contributed by atoms with van der Waals surface area (Å²) in [4.78, 5) is 13.9. The molecule has 0 aromatic heterocycles. The lowest BCUT2D eigenvalue weighted by atomic mass is 10.0. The van der Waals surface area contributed by atoms with Crippen LogP contribution in [0, 0.1) is 0 Å². The molecule has 0 spiro atoms. The summed E-state index contributed by atoms with van der Waals surface area (Å²) < 4.78 is 5.41. The Hall–Kier alpha value is -0.570. The van der Waals surface area contributed by atoms with Crippen molar-refractivity contribution in [2.24, 2.45) is 0 Å². The van der Waals surface area contributed by atoms with Crippen molar-refractivity contribution in [3.05, 3.63) is 0 Å². The van der Waals surface area contributed by atoms with Crippen LogP contribution in [0.25, 0.3) is 0 Å².